The molecule has 10 heteroatoms. The number of hydrogen-bond donors (Lipinski definition) is 1. The van der Waals surface area contributed by atoms with E-state index >= 15 is 0 Å². The number of pyridine rings is 1. The summed E-state index contributed by atoms with van der Waals surface area (Å²) in [5, 5.41) is 26.1. The molecule has 0 radical (unpaired) electrons. The lowest BCUT2D eigenvalue weighted by Gasteiger charge is -2.12. The van der Waals surface area contributed by atoms with E-state index in [0.29, 0.717) is 5.71 Å². The maximum absolute atomic E-state index is 11.2. The van der Waals surface area contributed by atoms with Crippen molar-refractivity contribution in [1.29, 1.82) is 0 Å². The summed E-state index contributed by atoms with van der Waals surface area (Å²) >= 11 is 5.97. The summed E-state index contributed by atoms with van der Waals surface area (Å²) in [6.07, 6.45) is 4.12. The van der Waals surface area contributed by atoms with Crippen molar-refractivity contribution in [2.45, 2.75) is 20.3 Å². The molecule has 0 aliphatic rings. The highest BCUT2D eigenvalue weighted by Gasteiger charge is 2.23. The summed E-state index contributed by atoms with van der Waals surface area (Å²) in [6.45, 7) is 3.75. The zero-order chi connectivity index (χ0) is 19.3. The Kier molecular flexibility index (Phi) is 6.18. The van der Waals surface area contributed by atoms with Gasteiger partial charge in [-0.2, -0.15) is 5.10 Å². The molecule has 1 aromatic carbocycles. The van der Waals surface area contributed by atoms with Gasteiger partial charge in [-0.3, -0.25) is 30.6 Å². The summed E-state index contributed by atoms with van der Waals surface area (Å²) in [7, 11) is 0. The summed E-state index contributed by atoms with van der Waals surface area (Å²) < 4.78 is 0. The molecule has 0 aliphatic carbocycles. The molecule has 1 N–H and O–H groups in total. The zero-order valence-corrected chi connectivity index (χ0v) is 14.8. The first kappa shape index (κ1) is 19.3. The number of hydrazone groups is 1. The molecular weight excluding hydrogens is 362 g/mol. The van der Waals surface area contributed by atoms with E-state index in [0.717, 1.165) is 24.1 Å². The number of nitrogens with one attached hydrogen (secondary N) is 1. The van der Waals surface area contributed by atoms with Gasteiger partial charge in [0.25, 0.3) is 5.69 Å². The Morgan fingerprint density at radius 3 is 2.50 bits per heavy atom. The molecule has 0 fully saturated rings. The number of nitro groups is 2. The van der Waals surface area contributed by atoms with Crippen LogP contribution in [0.4, 0.5) is 17.1 Å². The SMILES string of the molecule is C/C(=N\Nc1c(Cl)cc([N+](=O)[O-])cc1[N+](=O)[O-])[C@@H](C)Cc1ccncc1. The van der Waals surface area contributed by atoms with Crippen molar-refractivity contribution in [2.24, 2.45) is 11.0 Å². The van der Waals surface area contributed by atoms with E-state index in [-0.39, 0.29) is 16.6 Å². The third kappa shape index (κ3) is 4.73. The molecule has 0 amide bonds. The number of aromatic nitrogens is 1. The maximum atomic E-state index is 11.2. The van der Waals surface area contributed by atoms with Gasteiger partial charge in [0.05, 0.1) is 20.9 Å². The van der Waals surface area contributed by atoms with Crippen LogP contribution in [0, 0.1) is 26.1 Å². The molecule has 0 saturated heterocycles. The number of nitro benzene ring substituents is 2. The van der Waals surface area contributed by atoms with Crippen molar-refractivity contribution in [2.75, 3.05) is 5.43 Å². The van der Waals surface area contributed by atoms with Crippen molar-refractivity contribution in [3.05, 3.63) is 67.5 Å². The number of rotatable bonds is 7. The topological polar surface area (TPSA) is 124 Å². The quantitative estimate of drug-likeness (QED) is 0.437. The molecule has 0 bridgehead atoms. The molecule has 0 aliphatic heterocycles. The Bertz CT molecular complexity index is 857. The maximum Gasteiger partial charge on any atom is 0.302 e. The van der Waals surface area contributed by atoms with Gasteiger partial charge in [0.2, 0.25) is 0 Å². The molecule has 0 spiro atoms. The second-order valence-corrected chi connectivity index (χ2v) is 6.07. The predicted molar refractivity (Wildman–Crippen MR) is 98.6 cm³/mol. The highest BCUT2D eigenvalue weighted by Crippen LogP contribution is 2.36. The Labute approximate surface area is 154 Å². The molecule has 9 nitrogen and oxygen atoms in total. The fourth-order valence-electron chi connectivity index (χ4n) is 2.21. The Morgan fingerprint density at radius 2 is 1.92 bits per heavy atom. The average molecular weight is 378 g/mol. The molecule has 2 aromatic rings. The van der Waals surface area contributed by atoms with E-state index < -0.39 is 21.2 Å². The number of nitrogens with zero attached hydrogens (tertiary/aromatic N) is 4. The highest BCUT2D eigenvalue weighted by atomic mass is 35.5. The van der Waals surface area contributed by atoms with Gasteiger partial charge in [-0.15, -0.1) is 0 Å². The highest BCUT2D eigenvalue weighted by molar-refractivity contribution is 6.34. The Balaban J connectivity index is 2.22. The zero-order valence-electron chi connectivity index (χ0n) is 14.0. The molecule has 1 atom stereocenters. The van der Waals surface area contributed by atoms with Gasteiger partial charge < -0.3 is 0 Å². The first-order valence-corrected chi connectivity index (χ1v) is 7.98. The summed E-state index contributed by atoms with van der Waals surface area (Å²) in [5.74, 6) is 0.0563. The average Bonchev–Trinajstić information content (AvgIpc) is 2.60. The first-order valence-electron chi connectivity index (χ1n) is 7.61. The van der Waals surface area contributed by atoms with Crippen LogP contribution in [0.2, 0.25) is 5.02 Å². The molecule has 136 valence electrons. The first-order chi connectivity index (χ1) is 12.3. The van der Waals surface area contributed by atoms with Crippen LogP contribution in [0.3, 0.4) is 0 Å². The largest absolute Gasteiger partial charge is 0.302 e. The van der Waals surface area contributed by atoms with Crippen LogP contribution in [0.1, 0.15) is 19.4 Å². The smallest absolute Gasteiger partial charge is 0.271 e. The molecule has 26 heavy (non-hydrogen) atoms. The molecule has 1 aromatic heterocycles. The molecule has 0 saturated carbocycles. The van der Waals surface area contributed by atoms with Crippen LogP contribution >= 0.6 is 11.6 Å². The van der Waals surface area contributed by atoms with E-state index in [1.165, 1.54) is 0 Å². The van der Waals surface area contributed by atoms with Gasteiger partial charge in [0.15, 0.2) is 5.69 Å². The summed E-state index contributed by atoms with van der Waals surface area (Å²) in [6, 6.07) is 5.69. The van der Waals surface area contributed by atoms with Crippen LogP contribution in [0.15, 0.2) is 41.8 Å². The minimum absolute atomic E-state index is 0.0563. The monoisotopic (exact) mass is 377 g/mol. The fourth-order valence-corrected chi connectivity index (χ4v) is 2.46. The van der Waals surface area contributed by atoms with Gasteiger partial charge in [0, 0.05) is 24.2 Å². The van der Waals surface area contributed by atoms with Gasteiger partial charge >= 0.3 is 5.69 Å². The molecule has 2 rings (SSSR count). The van der Waals surface area contributed by atoms with Crippen molar-refractivity contribution < 1.29 is 9.85 Å². The molecular formula is C16H16ClN5O4. The van der Waals surface area contributed by atoms with Crippen molar-refractivity contribution in [1.82, 2.24) is 4.98 Å². The standard InChI is InChI=1S/C16H16ClN5O4/c1-10(7-12-3-5-18-6-4-12)11(2)19-20-16-14(17)8-13(21(23)24)9-15(16)22(25)26/h3-6,8-10,20H,7H2,1-2H3/b19-11+/t10-/m0/s1. The lowest BCUT2D eigenvalue weighted by molar-refractivity contribution is -0.393. The number of benzene rings is 1. The normalized spacial score (nSPS) is 12.5. The van der Waals surface area contributed by atoms with Crippen molar-refractivity contribution in [3.8, 4) is 0 Å². The number of halogens is 1. The van der Waals surface area contributed by atoms with Crippen molar-refractivity contribution >= 4 is 34.4 Å². The summed E-state index contributed by atoms with van der Waals surface area (Å²) in [5.41, 5.74) is 3.30. The predicted octanol–water partition coefficient (Wildman–Crippen LogP) is 4.22. The lowest BCUT2D eigenvalue weighted by atomic mass is 9.98. The second-order valence-electron chi connectivity index (χ2n) is 5.66. The number of non-ortho nitro benzene ring substituents is 1. The minimum atomic E-state index is -0.744. The van der Waals surface area contributed by atoms with Crippen LogP contribution in [0.25, 0.3) is 0 Å². The number of hydrogen-bond acceptors (Lipinski definition) is 7. The van der Waals surface area contributed by atoms with Gasteiger partial charge in [-0.1, -0.05) is 18.5 Å². The fraction of sp³-hybridized carbons (Fsp3) is 0.250. The van der Waals surface area contributed by atoms with E-state index in [1.54, 1.807) is 19.3 Å². The van der Waals surface area contributed by atoms with E-state index in [1.807, 2.05) is 19.1 Å². The van der Waals surface area contributed by atoms with Crippen LogP contribution in [-0.2, 0) is 6.42 Å². The Morgan fingerprint density at radius 1 is 1.27 bits per heavy atom. The number of anilines is 1. The van der Waals surface area contributed by atoms with E-state index in [2.05, 4.69) is 15.5 Å². The van der Waals surface area contributed by atoms with Crippen LogP contribution in [-0.4, -0.2) is 20.5 Å². The third-order valence-electron chi connectivity index (χ3n) is 3.81. The van der Waals surface area contributed by atoms with Gasteiger partial charge in [-0.25, -0.2) is 0 Å². The van der Waals surface area contributed by atoms with Crippen molar-refractivity contribution in [3.63, 3.8) is 0 Å². The second kappa shape index (κ2) is 8.34. The van der Waals surface area contributed by atoms with Crippen LogP contribution < -0.4 is 5.43 Å². The van der Waals surface area contributed by atoms with Crippen LogP contribution in [0.5, 0.6) is 0 Å². The third-order valence-corrected chi connectivity index (χ3v) is 4.11. The minimum Gasteiger partial charge on any atom is -0.271 e. The summed E-state index contributed by atoms with van der Waals surface area (Å²) in [4.78, 5) is 24.5. The molecule has 1 heterocycles. The van der Waals surface area contributed by atoms with E-state index in [9.17, 15) is 20.2 Å². The Hall–Kier alpha value is -3.07. The van der Waals surface area contributed by atoms with Gasteiger partial charge in [0.1, 0.15) is 0 Å². The van der Waals surface area contributed by atoms with Gasteiger partial charge in [-0.05, 0) is 37.0 Å². The molecule has 0 unspecified atom stereocenters. The lowest BCUT2D eigenvalue weighted by Crippen LogP contribution is -2.12. The van der Waals surface area contributed by atoms with E-state index in [4.69, 9.17) is 11.6 Å².